The van der Waals surface area contributed by atoms with Gasteiger partial charge in [0, 0.05) is 44.9 Å². The molecule has 0 bridgehead atoms. The third kappa shape index (κ3) is 10.0. The standard InChI is InChI=1S/C29H41N6O7PS/c30-27(37)23(16-20-8-9-21-5-1-2-6-22(21)15-20)33-28(38)25-7-3-4-12-35(25)29(39)24(18-44-19-43(40,41)42)32-26(36)17-34-13-10-31-11-14-34/h1-2,5-6,8-9,15,23-25,31H,3-4,7,10-14,16-19H2,(H2,30,37)(H,32,36)(H,33,38)(H2,40,41,42)/t23-,24-,25-/m0/s1. The van der Waals surface area contributed by atoms with Crippen molar-refractivity contribution in [2.45, 2.75) is 43.8 Å². The van der Waals surface area contributed by atoms with Gasteiger partial charge in [0.15, 0.2) is 0 Å². The van der Waals surface area contributed by atoms with Gasteiger partial charge in [-0.25, -0.2) is 0 Å². The van der Waals surface area contributed by atoms with Crippen LogP contribution in [0.5, 0.6) is 0 Å². The summed E-state index contributed by atoms with van der Waals surface area (Å²) in [6.07, 6.45) is 1.86. The summed E-state index contributed by atoms with van der Waals surface area (Å²) in [4.78, 5) is 74.7. The third-order valence-corrected chi connectivity index (χ3v) is 10.4. The molecule has 4 rings (SSSR count). The van der Waals surface area contributed by atoms with E-state index in [0.29, 0.717) is 32.4 Å². The van der Waals surface area contributed by atoms with Gasteiger partial charge in [0.2, 0.25) is 23.6 Å². The highest BCUT2D eigenvalue weighted by atomic mass is 32.2. The molecule has 3 atom stereocenters. The average Bonchev–Trinajstić information content (AvgIpc) is 2.99. The number of benzene rings is 2. The van der Waals surface area contributed by atoms with E-state index < -0.39 is 48.9 Å². The van der Waals surface area contributed by atoms with Crippen molar-refractivity contribution in [1.29, 1.82) is 0 Å². The Balaban J connectivity index is 1.45. The lowest BCUT2D eigenvalue weighted by Crippen LogP contribution is -2.60. The number of nitrogens with zero attached hydrogens (tertiary/aromatic N) is 2. The van der Waals surface area contributed by atoms with Crippen LogP contribution in [0.2, 0.25) is 0 Å². The summed E-state index contributed by atoms with van der Waals surface area (Å²) in [7, 11) is -4.34. The maximum atomic E-state index is 13.8. The molecule has 0 spiro atoms. The van der Waals surface area contributed by atoms with Gasteiger partial charge in [-0.3, -0.25) is 28.6 Å². The number of piperidine rings is 1. The number of carbonyl (C=O) groups is 4. The topological polar surface area (TPSA) is 194 Å². The molecule has 0 radical (unpaired) electrons. The maximum absolute atomic E-state index is 13.8. The van der Waals surface area contributed by atoms with Crippen molar-refractivity contribution in [1.82, 2.24) is 25.8 Å². The Bertz CT molecular complexity index is 1380. The first-order valence-corrected chi connectivity index (χ1v) is 17.7. The Morgan fingerprint density at radius 1 is 1.00 bits per heavy atom. The molecule has 2 aliphatic heterocycles. The fourth-order valence-corrected chi connectivity index (χ4v) is 7.37. The number of carbonyl (C=O) groups excluding carboxylic acids is 4. The minimum absolute atomic E-state index is 0.0754. The lowest BCUT2D eigenvalue weighted by molar-refractivity contribution is -0.145. The Morgan fingerprint density at radius 2 is 1.73 bits per heavy atom. The first-order chi connectivity index (χ1) is 21.0. The molecule has 2 fully saturated rings. The fourth-order valence-electron chi connectivity index (χ4n) is 5.54. The van der Waals surface area contributed by atoms with E-state index in [0.717, 1.165) is 41.2 Å². The summed E-state index contributed by atoms with van der Waals surface area (Å²) >= 11 is 0.864. The number of likely N-dealkylation sites (tertiary alicyclic amines) is 1. The average molecular weight is 649 g/mol. The van der Waals surface area contributed by atoms with E-state index in [1.807, 2.05) is 47.4 Å². The van der Waals surface area contributed by atoms with Crippen LogP contribution in [0.1, 0.15) is 24.8 Å². The smallest absolute Gasteiger partial charge is 0.335 e. The first kappa shape index (κ1) is 33.9. The van der Waals surface area contributed by atoms with Crippen LogP contribution in [-0.4, -0.2) is 112 Å². The highest BCUT2D eigenvalue weighted by Gasteiger charge is 2.37. The van der Waals surface area contributed by atoms with E-state index in [-0.39, 0.29) is 31.2 Å². The molecular weight excluding hydrogens is 607 g/mol. The summed E-state index contributed by atoms with van der Waals surface area (Å²) in [5.41, 5.74) is 5.99. The zero-order valence-electron chi connectivity index (χ0n) is 24.5. The molecule has 0 aromatic heterocycles. The van der Waals surface area contributed by atoms with E-state index in [1.54, 1.807) is 0 Å². The quantitative estimate of drug-likeness (QED) is 0.161. The number of hydrogen-bond acceptors (Lipinski definition) is 8. The van der Waals surface area contributed by atoms with Gasteiger partial charge in [0.1, 0.15) is 18.1 Å². The summed E-state index contributed by atoms with van der Waals surface area (Å²) in [6.45, 7) is 3.17. The van der Waals surface area contributed by atoms with E-state index in [4.69, 9.17) is 5.73 Å². The SMILES string of the molecule is NC(=O)[C@H](Cc1ccc2ccccc2c1)NC(=O)[C@@H]1CCCCN1C(=O)[C@H](CSCP(=O)(O)O)NC(=O)CN1CCNCC1. The molecule has 240 valence electrons. The van der Waals surface area contributed by atoms with Gasteiger partial charge in [0.05, 0.1) is 12.0 Å². The molecular formula is C29H41N6O7PS. The number of nitrogens with two attached hydrogens (primary N) is 1. The van der Waals surface area contributed by atoms with Crippen molar-refractivity contribution in [3.8, 4) is 0 Å². The summed E-state index contributed by atoms with van der Waals surface area (Å²) < 4.78 is 11.5. The lowest BCUT2D eigenvalue weighted by atomic mass is 9.98. The Kier molecular flexibility index (Phi) is 12.2. The van der Waals surface area contributed by atoms with Crippen LogP contribution in [0.4, 0.5) is 0 Å². The molecule has 15 heteroatoms. The van der Waals surface area contributed by atoms with Gasteiger partial charge in [-0.05, 0) is 35.6 Å². The van der Waals surface area contributed by atoms with E-state index in [1.165, 1.54) is 4.90 Å². The molecule has 0 aliphatic carbocycles. The van der Waals surface area contributed by atoms with Crippen LogP contribution in [-0.2, 0) is 30.2 Å². The zero-order chi connectivity index (χ0) is 31.7. The molecule has 0 saturated carbocycles. The number of rotatable bonds is 13. The predicted octanol–water partition coefficient (Wildman–Crippen LogP) is -0.00810. The van der Waals surface area contributed by atoms with Gasteiger partial charge < -0.3 is 36.4 Å². The number of fused-ring (bicyclic) bond motifs is 1. The molecule has 13 nitrogen and oxygen atoms in total. The fraction of sp³-hybridized carbons (Fsp3) is 0.517. The number of amides is 4. The number of piperazine rings is 1. The summed E-state index contributed by atoms with van der Waals surface area (Å²) in [6, 6.07) is 10.6. The van der Waals surface area contributed by atoms with Gasteiger partial charge in [0.25, 0.3) is 0 Å². The van der Waals surface area contributed by atoms with E-state index in [2.05, 4.69) is 16.0 Å². The molecule has 44 heavy (non-hydrogen) atoms. The summed E-state index contributed by atoms with van der Waals surface area (Å²) in [5, 5.41) is 10.7. The minimum atomic E-state index is -4.34. The second-order valence-electron chi connectivity index (χ2n) is 11.2. The number of nitrogens with one attached hydrogen (secondary N) is 3. The molecule has 2 aromatic rings. The number of primary amides is 1. The Labute approximate surface area is 260 Å². The maximum Gasteiger partial charge on any atom is 0.335 e. The van der Waals surface area contributed by atoms with Gasteiger partial charge in [-0.15, -0.1) is 11.8 Å². The second kappa shape index (κ2) is 15.8. The van der Waals surface area contributed by atoms with Crippen LogP contribution in [0.15, 0.2) is 42.5 Å². The third-order valence-electron chi connectivity index (χ3n) is 7.76. The Hall–Kier alpha value is -3.00. The van der Waals surface area contributed by atoms with Crippen LogP contribution in [0, 0.1) is 0 Å². The molecule has 4 amide bonds. The Morgan fingerprint density at radius 3 is 2.43 bits per heavy atom. The second-order valence-corrected chi connectivity index (χ2v) is 14.3. The van der Waals surface area contributed by atoms with Crippen LogP contribution < -0.4 is 21.7 Å². The van der Waals surface area contributed by atoms with E-state index >= 15 is 0 Å². The van der Waals surface area contributed by atoms with Crippen LogP contribution >= 0.6 is 19.4 Å². The lowest BCUT2D eigenvalue weighted by Gasteiger charge is -2.37. The largest absolute Gasteiger partial charge is 0.368 e. The van der Waals surface area contributed by atoms with Crippen molar-refractivity contribution >= 4 is 53.8 Å². The normalized spacial score (nSPS) is 19.2. The molecule has 7 N–H and O–H groups in total. The van der Waals surface area contributed by atoms with Crippen molar-refractivity contribution in [3.05, 3.63) is 48.0 Å². The highest BCUT2D eigenvalue weighted by molar-refractivity contribution is 8.04. The number of hydrogen-bond donors (Lipinski definition) is 6. The molecule has 0 unspecified atom stereocenters. The van der Waals surface area contributed by atoms with Crippen molar-refractivity contribution in [2.24, 2.45) is 5.73 Å². The molecule has 2 aromatic carbocycles. The van der Waals surface area contributed by atoms with Crippen molar-refractivity contribution < 1.29 is 33.5 Å². The van der Waals surface area contributed by atoms with E-state index in [9.17, 15) is 33.5 Å². The minimum Gasteiger partial charge on any atom is -0.368 e. The molecule has 2 saturated heterocycles. The highest BCUT2D eigenvalue weighted by Crippen LogP contribution is 2.38. The first-order valence-electron chi connectivity index (χ1n) is 14.7. The predicted molar refractivity (Wildman–Crippen MR) is 169 cm³/mol. The van der Waals surface area contributed by atoms with Crippen molar-refractivity contribution in [2.75, 3.05) is 50.5 Å². The number of thioether (sulfide) groups is 1. The zero-order valence-corrected chi connectivity index (χ0v) is 26.2. The van der Waals surface area contributed by atoms with Gasteiger partial charge in [-0.1, -0.05) is 42.5 Å². The summed E-state index contributed by atoms with van der Waals surface area (Å²) in [5.74, 6) is -2.19. The molecule has 2 aliphatic rings. The monoisotopic (exact) mass is 648 g/mol. The van der Waals surface area contributed by atoms with Crippen LogP contribution in [0.25, 0.3) is 10.8 Å². The van der Waals surface area contributed by atoms with Crippen molar-refractivity contribution in [3.63, 3.8) is 0 Å². The van der Waals surface area contributed by atoms with Gasteiger partial charge >= 0.3 is 7.60 Å². The molecule has 2 heterocycles. The van der Waals surface area contributed by atoms with Crippen LogP contribution in [0.3, 0.4) is 0 Å². The van der Waals surface area contributed by atoms with Gasteiger partial charge in [-0.2, -0.15) is 0 Å².